The lowest BCUT2D eigenvalue weighted by Crippen LogP contribution is -2.20. The van der Waals surface area contributed by atoms with Crippen LogP contribution < -0.4 is 10.5 Å². The van der Waals surface area contributed by atoms with Crippen molar-refractivity contribution in [1.82, 2.24) is 0 Å². The fourth-order valence-corrected chi connectivity index (χ4v) is 3.48. The number of aromatic carboxylic acids is 1. The van der Waals surface area contributed by atoms with Gasteiger partial charge in [-0.1, -0.05) is 12.1 Å². The summed E-state index contributed by atoms with van der Waals surface area (Å²) in [6, 6.07) is 8.34. The second-order valence-electron chi connectivity index (χ2n) is 5.25. The van der Waals surface area contributed by atoms with Crippen LogP contribution >= 0.6 is 0 Å². The normalized spacial score (nSPS) is 11.1. The molecule has 0 heterocycles. The molecule has 0 saturated carbocycles. The molecule has 0 aliphatic heterocycles. The number of carboxylic acids is 1. The summed E-state index contributed by atoms with van der Waals surface area (Å²) < 4.78 is 27.3. The average Bonchev–Trinajstić information content (AvgIpc) is 2.45. The predicted molar refractivity (Wildman–Crippen MR) is 88.6 cm³/mol. The standard InChI is InChI=1S/C16H16N2O5S/c1-9-4-3-5-13(14(9)15(17)19)18-24(22,23)11-6-7-12(16(20)21)10(2)8-11/h3-8,18H,1-2H3,(H2,17,19)(H,20,21). The largest absolute Gasteiger partial charge is 0.478 e. The maximum absolute atomic E-state index is 12.5. The number of nitrogens with two attached hydrogens (primary N) is 1. The Bertz CT molecular complexity index is 935. The number of aryl methyl sites for hydroxylation is 2. The molecule has 2 aromatic carbocycles. The van der Waals surface area contributed by atoms with Crippen LogP contribution in [0.15, 0.2) is 41.3 Å². The van der Waals surface area contributed by atoms with E-state index in [1.54, 1.807) is 19.1 Å². The first kappa shape index (κ1) is 17.5. The summed E-state index contributed by atoms with van der Waals surface area (Å²) in [6.45, 7) is 3.15. The molecule has 0 radical (unpaired) electrons. The Hall–Kier alpha value is -2.87. The molecule has 8 heteroatoms. The van der Waals surface area contributed by atoms with E-state index in [0.29, 0.717) is 11.1 Å². The number of sulfonamides is 1. The van der Waals surface area contributed by atoms with Crippen molar-refractivity contribution >= 4 is 27.6 Å². The van der Waals surface area contributed by atoms with Crippen LogP contribution in [0, 0.1) is 13.8 Å². The highest BCUT2D eigenvalue weighted by Gasteiger charge is 2.20. The summed E-state index contributed by atoms with van der Waals surface area (Å²) in [5.41, 5.74) is 6.33. The van der Waals surface area contributed by atoms with Crippen molar-refractivity contribution in [2.75, 3.05) is 4.72 Å². The summed E-state index contributed by atoms with van der Waals surface area (Å²) in [7, 11) is -4.00. The van der Waals surface area contributed by atoms with Gasteiger partial charge in [0.1, 0.15) is 0 Å². The number of carboxylic acid groups (broad SMARTS) is 1. The quantitative estimate of drug-likeness (QED) is 0.760. The summed E-state index contributed by atoms with van der Waals surface area (Å²) in [5, 5.41) is 9.01. The number of anilines is 1. The van der Waals surface area contributed by atoms with E-state index in [1.807, 2.05) is 0 Å². The number of primary amides is 1. The molecule has 0 atom stereocenters. The van der Waals surface area contributed by atoms with E-state index in [4.69, 9.17) is 10.8 Å². The zero-order valence-corrected chi connectivity index (χ0v) is 13.8. The molecule has 0 spiro atoms. The molecule has 7 nitrogen and oxygen atoms in total. The molecule has 0 unspecified atom stereocenters. The van der Waals surface area contributed by atoms with E-state index in [9.17, 15) is 18.0 Å². The monoisotopic (exact) mass is 348 g/mol. The van der Waals surface area contributed by atoms with Gasteiger partial charge in [-0.3, -0.25) is 9.52 Å². The third-order valence-corrected chi connectivity index (χ3v) is 4.87. The topological polar surface area (TPSA) is 127 Å². The fraction of sp³-hybridized carbons (Fsp3) is 0.125. The highest BCUT2D eigenvalue weighted by atomic mass is 32.2. The smallest absolute Gasteiger partial charge is 0.335 e. The van der Waals surface area contributed by atoms with Gasteiger partial charge in [0.2, 0.25) is 0 Å². The van der Waals surface area contributed by atoms with Crippen molar-refractivity contribution in [3.05, 3.63) is 58.7 Å². The molecule has 0 saturated heterocycles. The molecule has 0 aromatic heterocycles. The highest BCUT2D eigenvalue weighted by Crippen LogP contribution is 2.23. The molecule has 2 rings (SSSR count). The van der Waals surface area contributed by atoms with E-state index in [2.05, 4.69) is 4.72 Å². The predicted octanol–water partition coefficient (Wildman–Crippen LogP) is 1.90. The number of rotatable bonds is 5. The van der Waals surface area contributed by atoms with E-state index < -0.39 is 21.9 Å². The first-order valence-electron chi connectivity index (χ1n) is 6.89. The van der Waals surface area contributed by atoms with Crippen LogP contribution in [0.2, 0.25) is 0 Å². The van der Waals surface area contributed by atoms with Crippen molar-refractivity contribution in [2.24, 2.45) is 5.73 Å². The summed E-state index contributed by atoms with van der Waals surface area (Å²) >= 11 is 0. The molecule has 126 valence electrons. The number of hydrogen-bond donors (Lipinski definition) is 3. The van der Waals surface area contributed by atoms with Crippen molar-refractivity contribution in [3.63, 3.8) is 0 Å². The molecule has 1 amide bonds. The van der Waals surface area contributed by atoms with Crippen molar-refractivity contribution in [3.8, 4) is 0 Å². The zero-order valence-electron chi connectivity index (χ0n) is 13.0. The van der Waals surface area contributed by atoms with Crippen LogP contribution in [-0.4, -0.2) is 25.4 Å². The van der Waals surface area contributed by atoms with Crippen molar-refractivity contribution < 1.29 is 23.1 Å². The van der Waals surface area contributed by atoms with Crippen molar-refractivity contribution in [2.45, 2.75) is 18.7 Å². The van der Waals surface area contributed by atoms with Crippen LogP contribution in [0.4, 0.5) is 5.69 Å². The van der Waals surface area contributed by atoms with Crippen LogP contribution in [-0.2, 0) is 10.0 Å². The number of carbonyl (C=O) groups excluding carboxylic acids is 1. The van der Waals surface area contributed by atoms with E-state index in [-0.39, 0.29) is 21.7 Å². The molecule has 0 bridgehead atoms. The van der Waals surface area contributed by atoms with Crippen LogP contribution in [0.1, 0.15) is 31.8 Å². The maximum atomic E-state index is 12.5. The lowest BCUT2D eigenvalue weighted by atomic mass is 10.1. The molecular formula is C16H16N2O5S. The average molecular weight is 348 g/mol. The Morgan fingerprint density at radius 1 is 1.08 bits per heavy atom. The second-order valence-corrected chi connectivity index (χ2v) is 6.93. The van der Waals surface area contributed by atoms with E-state index in [1.165, 1.54) is 31.2 Å². The van der Waals surface area contributed by atoms with Gasteiger partial charge >= 0.3 is 5.97 Å². The molecule has 0 aliphatic rings. The lowest BCUT2D eigenvalue weighted by Gasteiger charge is -2.13. The van der Waals surface area contributed by atoms with Gasteiger partial charge in [0.25, 0.3) is 15.9 Å². The van der Waals surface area contributed by atoms with Gasteiger partial charge in [0.15, 0.2) is 0 Å². The summed E-state index contributed by atoms with van der Waals surface area (Å²) in [5.74, 6) is -1.89. The molecule has 0 fully saturated rings. The molecular weight excluding hydrogens is 332 g/mol. The lowest BCUT2D eigenvalue weighted by molar-refractivity contribution is 0.0695. The van der Waals surface area contributed by atoms with Gasteiger partial charge in [0, 0.05) is 0 Å². The van der Waals surface area contributed by atoms with Gasteiger partial charge in [-0.05, 0) is 49.2 Å². The van der Waals surface area contributed by atoms with E-state index in [0.717, 1.165) is 0 Å². The first-order chi connectivity index (χ1) is 11.1. The number of amides is 1. The zero-order chi connectivity index (χ0) is 18.1. The van der Waals surface area contributed by atoms with Gasteiger partial charge in [0.05, 0.1) is 21.7 Å². The first-order valence-corrected chi connectivity index (χ1v) is 8.38. The minimum Gasteiger partial charge on any atom is -0.478 e. The fourth-order valence-electron chi connectivity index (χ4n) is 2.33. The summed E-state index contributed by atoms with van der Waals surface area (Å²) in [4.78, 5) is 22.5. The molecule has 2 aromatic rings. The van der Waals surface area contributed by atoms with Crippen LogP contribution in [0.3, 0.4) is 0 Å². The third kappa shape index (κ3) is 3.38. The third-order valence-electron chi connectivity index (χ3n) is 3.50. The Morgan fingerprint density at radius 3 is 2.29 bits per heavy atom. The Labute approximate surface area is 139 Å². The number of benzene rings is 2. The Balaban J connectivity index is 2.47. The minimum absolute atomic E-state index is 0.0160. The van der Waals surface area contributed by atoms with Crippen LogP contribution in [0.25, 0.3) is 0 Å². The van der Waals surface area contributed by atoms with Gasteiger partial charge in [-0.25, -0.2) is 13.2 Å². The molecule has 0 aliphatic carbocycles. The van der Waals surface area contributed by atoms with Crippen LogP contribution in [0.5, 0.6) is 0 Å². The molecule has 4 N–H and O–H groups in total. The van der Waals surface area contributed by atoms with Gasteiger partial charge < -0.3 is 10.8 Å². The Kier molecular flexibility index (Phi) is 4.61. The SMILES string of the molecule is Cc1cc(S(=O)(=O)Nc2cccc(C)c2C(N)=O)ccc1C(=O)O. The van der Waals surface area contributed by atoms with E-state index >= 15 is 0 Å². The number of carbonyl (C=O) groups is 2. The minimum atomic E-state index is -4.00. The number of nitrogens with one attached hydrogen (secondary N) is 1. The van der Waals surface area contributed by atoms with Gasteiger partial charge in [-0.2, -0.15) is 0 Å². The number of hydrogen-bond acceptors (Lipinski definition) is 4. The highest BCUT2D eigenvalue weighted by molar-refractivity contribution is 7.92. The Morgan fingerprint density at radius 2 is 1.75 bits per heavy atom. The second kappa shape index (κ2) is 6.32. The van der Waals surface area contributed by atoms with Crippen molar-refractivity contribution in [1.29, 1.82) is 0 Å². The van der Waals surface area contributed by atoms with Gasteiger partial charge in [-0.15, -0.1) is 0 Å². The maximum Gasteiger partial charge on any atom is 0.335 e. The summed E-state index contributed by atoms with van der Waals surface area (Å²) in [6.07, 6.45) is 0. The molecule has 24 heavy (non-hydrogen) atoms.